The molecule has 1 atom stereocenters. The van der Waals surface area contributed by atoms with Gasteiger partial charge in [-0.2, -0.15) is 0 Å². The molecule has 1 aromatic carbocycles. The Labute approximate surface area is 107 Å². The number of fused-ring (bicyclic) bond motifs is 1. The second kappa shape index (κ2) is 6.01. The summed E-state index contributed by atoms with van der Waals surface area (Å²) in [5.74, 6) is 0. The predicted octanol–water partition coefficient (Wildman–Crippen LogP) is 4.68. The van der Waals surface area contributed by atoms with Crippen LogP contribution in [0.3, 0.4) is 0 Å². The number of para-hydroxylation sites is 1. The zero-order chi connectivity index (χ0) is 12.1. The maximum absolute atomic E-state index is 4.59. The highest BCUT2D eigenvalue weighted by Crippen LogP contribution is 2.26. The molecule has 0 radical (unpaired) electrons. The van der Waals surface area contributed by atoms with Crippen molar-refractivity contribution in [2.75, 3.05) is 5.32 Å². The Morgan fingerprint density at radius 3 is 2.88 bits per heavy atom. The van der Waals surface area contributed by atoms with Crippen LogP contribution in [0.25, 0.3) is 10.2 Å². The molecule has 0 amide bonds. The molecule has 1 unspecified atom stereocenters. The fraction of sp³-hybridized carbons (Fsp3) is 0.500. The van der Waals surface area contributed by atoms with E-state index in [4.69, 9.17) is 0 Å². The Morgan fingerprint density at radius 1 is 1.29 bits per heavy atom. The van der Waals surface area contributed by atoms with Crippen molar-refractivity contribution in [3.63, 3.8) is 0 Å². The minimum absolute atomic E-state index is 0.516. The van der Waals surface area contributed by atoms with Crippen LogP contribution in [0, 0.1) is 0 Å². The van der Waals surface area contributed by atoms with Gasteiger partial charge in [-0.25, -0.2) is 4.98 Å². The first-order valence-corrected chi connectivity index (χ1v) is 7.23. The van der Waals surface area contributed by atoms with Crippen LogP contribution in [0.4, 0.5) is 5.13 Å². The Hall–Kier alpha value is -1.09. The van der Waals surface area contributed by atoms with E-state index in [9.17, 15) is 0 Å². The van der Waals surface area contributed by atoms with Crippen LogP contribution in [0.5, 0.6) is 0 Å². The molecule has 0 aliphatic carbocycles. The summed E-state index contributed by atoms with van der Waals surface area (Å²) in [6, 6.07) is 8.81. The van der Waals surface area contributed by atoms with Crippen molar-refractivity contribution >= 4 is 26.7 Å². The largest absolute Gasteiger partial charge is 0.359 e. The number of thiazole rings is 1. The van der Waals surface area contributed by atoms with Crippen molar-refractivity contribution in [2.45, 2.75) is 45.6 Å². The Morgan fingerprint density at radius 2 is 2.12 bits per heavy atom. The molecular weight excluding hydrogens is 228 g/mol. The normalized spacial score (nSPS) is 12.8. The monoisotopic (exact) mass is 248 g/mol. The Kier molecular flexibility index (Phi) is 4.37. The van der Waals surface area contributed by atoms with Gasteiger partial charge in [0.25, 0.3) is 0 Å². The van der Waals surface area contributed by atoms with Crippen LogP contribution in [0.1, 0.15) is 39.5 Å². The molecule has 0 aliphatic rings. The van der Waals surface area contributed by atoms with E-state index < -0.39 is 0 Å². The maximum Gasteiger partial charge on any atom is 0.183 e. The first-order chi connectivity index (χ1) is 8.29. The van der Waals surface area contributed by atoms with Gasteiger partial charge in [-0.15, -0.1) is 0 Å². The second-order valence-corrected chi connectivity index (χ2v) is 5.56. The fourth-order valence-electron chi connectivity index (χ4n) is 1.92. The van der Waals surface area contributed by atoms with E-state index in [1.165, 1.54) is 30.4 Å². The minimum atomic E-state index is 0.516. The molecule has 0 spiro atoms. The highest BCUT2D eigenvalue weighted by Gasteiger charge is 2.06. The molecule has 2 aromatic rings. The van der Waals surface area contributed by atoms with Crippen LogP contribution in [0.15, 0.2) is 24.3 Å². The molecule has 0 aliphatic heterocycles. The number of unbranched alkanes of at least 4 members (excludes halogenated alkanes) is 2. The van der Waals surface area contributed by atoms with Crippen molar-refractivity contribution in [1.82, 2.24) is 4.98 Å². The molecule has 0 saturated heterocycles. The topological polar surface area (TPSA) is 24.9 Å². The molecule has 1 aromatic heterocycles. The van der Waals surface area contributed by atoms with Crippen molar-refractivity contribution in [3.8, 4) is 0 Å². The van der Waals surface area contributed by atoms with E-state index in [-0.39, 0.29) is 0 Å². The number of anilines is 1. The minimum Gasteiger partial charge on any atom is -0.359 e. The average Bonchev–Trinajstić information content (AvgIpc) is 2.71. The number of hydrogen-bond acceptors (Lipinski definition) is 3. The molecule has 2 rings (SSSR count). The summed E-state index contributed by atoms with van der Waals surface area (Å²) >= 11 is 1.74. The summed E-state index contributed by atoms with van der Waals surface area (Å²) in [5.41, 5.74) is 1.10. The third-order valence-electron chi connectivity index (χ3n) is 2.90. The molecule has 1 heterocycles. The molecule has 3 heteroatoms. The van der Waals surface area contributed by atoms with Crippen molar-refractivity contribution in [1.29, 1.82) is 0 Å². The summed E-state index contributed by atoms with van der Waals surface area (Å²) in [5, 5.41) is 4.55. The zero-order valence-electron chi connectivity index (χ0n) is 10.6. The number of aromatic nitrogens is 1. The number of benzene rings is 1. The van der Waals surface area contributed by atoms with E-state index in [1.807, 2.05) is 6.07 Å². The second-order valence-electron chi connectivity index (χ2n) is 4.53. The molecule has 1 N–H and O–H groups in total. The Balaban J connectivity index is 1.93. The molecule has 2 nitrogen and oxygen atoms in total. The number of nitrogens with zero attached hydrogens (tertiary/aromatic N) is 1. The molecule has 0 bridgehead atoms. The van der Waals surface area contributed by atoms with Crippen LogP contribution in [-0.4, -0.2) is 11.0 Å². The lowest BCUT2D eigenvalue weighted by molar-refractivity contribution is 0.615. The van der Waals surface area contributed by atoms with Gasteiger partial charge in [-0.1, -0.05) is 49.7 Å². The maximum atomic E-state index is 4.59. The van der Waals surface area contributed by atoms with Gasteiger partial charge in [0.05, 0.1) is 10.2 Å². The fourth-order valence-corrected chi connectivity index (χ4v) is 2.89. The van der Waals surface area contributed by atoms with Crippen molar-refractivity contribution in [3.05, 3.63) is 24.3 Å². The standard InChI is InChI=1S/C14H20N2S/c1-3-4-5-8-11(2)15-14-16-12-9-6-7-10-13(12)17-14/h6-7,9-11H,3-5,8H2,1-2H3,(H,15,16). The molecular formula is C14H20N2S. The van der Waals surface area contributed by atoms with E-state index in [0.29, 0.717) is 6.04 Å². The highest BCUT2D eigenvalue weighted by molar-refractivity contribution is 7.22. The van der Waals surface area contributed by atoms with Crippen molar-refractivity contribution in [2.24, 2.45) is 0 Å². The van der Waals surface area contributed by atoms with Crippen LogP contribution in [-0.2, 0) is 0 Å². The van der Waals surface area contributed by atoms with Gasteiger partial charge in [-0.05, 0) is 25.5 Å². The molecule has 0 saturated carbocycles. The lowest BCUT2D eigenvalue weighted by atomic mass is 10.1. The zero-order valence-corrected chi connectivity index (χ0v) is 11.4. The van der Waals surface area contributed by atoms with Gasteiger partial charge >= 0.3 is 0 Å². The predicted molar refractivity (Wildman–Crippen MR) is 76.8 cm³/mol. The van der Waals surface area contributed by atoms with Gasteiger partial charge in [0, 0.05) is 6.04 Å². The van der Waals surface area contributed by atoms with E-state index >= 15 is 0 Å². The van der Waals surface area contributed by atoms with E-state index in [2.05, 4.69) is 42.3 Å². The first kappa shape index (κ1) is 12.4. The summed E-state index contributed by atoms with van der Waals surface area (Å²) in [6.07, 6.45) is 5.14. The van der Waals surface area contributed by atoms with Crippen molar-refractivity contribution < 1.29 is 0 Å². The number of rotatable bonds is 6. The lowest BCUT2D eigenvalue weighted by Gasteiger charge is -2.11. The molecule has 0 fully saturated rings. The van der Waals surface area contributed by atoms with E-state index in [0.717, 1.165) is 10.6 Å². The van der Waals surface area contributed by atoms with Crippen LogP contribution >= 0.6 is 11.3 Å². The molecule has 17 heavy (non-hydrogen) atoms. The van der Waals surface area contributed by atoms with Gasteiger partial charge in [0.1, 0.15) is 0 Å². The van der Waals surface area contributed by atoms with Gasteiger partial charge in [-0.3, -0.25) is 0 Å². The third-order valence-corrected chi connectivity index (χ3v) is 3.87. The highest BCUT2D eigenvalue weighted by atomic mass is 32.1. The first-order valence-electron chi connectivity index (χ1n) is 6.41. The summed E-state index contributed by atoms with van der Waals surface area (Å²) in [7, 11) is 0. The summed E-state index contributed by atoms with van der Waals surface area (Å²) in [4.78, 5) is 4.59. The molecule has 92 valence electrons. The quantitative estimate of drug-likeness (QED) is 0.751. The number of nitrogens with one attached hydrogen (secondary N) is 1. The third kappa shape index (κ3) is 3.43. The van der Waals surface area contributed by atoms with E-state index in [1.54, 1.807) is 11.3 Å². The van der Waals surface area contributed by atoms with Crippen LogP contribution < -0.4 is 5.32 Å². The van der Waals surface area contributed by atoms with Gasteiger partial charge in [0.2, 0.25) is 0 Å². The summed E-state index contributed by atoms with van der Waals surface area (Å²) < 4.78 is 1.26. The average molecular weight is 248 g/mol. The number of hydrogen-bond donors (Lipinski definition) is 1. The smallest absolute Gasteiger partial charge is 0.183 e. The lowest BCUT2D eigenvalue weighted by Crippen LogP contribution is -2.14. The SMILES string of the molecule is CCCCCC(C)Nc1nc2ccccc2s1. The van der Waals surface area contributed by atoms with Crippen LogP contribution in [0.2, 0.25) is 0 Å². The van der Waals surface area contributed by atoms with Gasteiger partial charge in [0.15, 0.2) is 5.13 Å². The van der Waals surface area contributed by atoms with Gasteiger partial charge < -0.3 is 5.32 Å². The summed E-state index contributed by atoms with van der Waals surface area (Å²) in [6.45, 7) is 4.48. The Bertz CT molecular complexity index is 431.